The lowest BCUT2D eigenvalue weighted by Gasteiger charge is -2.40. The fourth-order valence-electron chi connectivity index (χ4n) is 2.06. The molecule has 0 bridgehead atoms. The van der Waals surface area contributed by atoms with Crippen LogP contribution in [0.25, 0.3) is 0 Å². The predicted octanol–water partition coefficient (Wildman–Crippen LogP) is 1.60. The van der Waals surface area contributed by atoms with E-state index in [2.05, 4.69) is 11.4 Å². The molecular weight excluding hydrogens is 238 g/mol. The molecule has 4 nitrogen and oxygen atoms in total. The van der Waals surface area contributed by atoms with Gasteiger partial charge in [0.05, 0.1) is 24.7 Å². The summed E-state index contributed by atoms with van der Waals surface area (Å²) in [6.45, 7) is 1.15. The SMILES string of the molecule is COC1(c2ccc3c(c2)NC(=O)CS3)COC1. The molecule has 0 aliphatic carbocycles. The summed E-state index contributed by atoms with van der Waals surface area (Å²) in [5.74, 6) is 0.543. The lowest BCUT2D eigenvalue weighted by molar-refractivity contribution is -0.202. The van der Waals surface area contributed by atoms with Crippen molar-refractivity contribution in [3.63, 3.8) is 0 Å². The van der Waals surface area contributed by atoms with Crippen LogP contribution in [0.15, 0.2) is 23.1 Å². The van der Waals surface area contributed by atoms with Gasteiger partial charge in [-0.1, -0.05) is 6.07 Å². The van der Waals surface area contributed by atoms with Crippen LogP contribution in [0.2, 0.25) is 0 Å². The number of hydrogen-bond donors (Lipinski definition) is 1. The molecule has 0 radical (unpaired) electrons. The third kappa shape index (κ3) is 1.74. The van der Waals surface area contributed by atoms with Gasteiger partial charge in [-0.15, -0.1) is 11.8 Å². The van der Waals surface area contributed by atoms with Crippen molar-refractivity contribution in [3.05, 3.63) is 23.8 Å². The first-order chi connectivity index (χ1) is 8.23. The minimum atomic E-state index is -0.331. The molecule has 0 spiro atoms. The molecule has 1 N–H and O–H groups in total. The molecule has 1 aromatic carbocycles. The first kappa shape index (κ1) is 11.1. The zero-order valence-electron chi connectivity index (χ0n) is 9.49. The van der Waals surface area contributed by atoms with Gasteiger partial charge >= 0.3 is 0 Å². The number of anilines is 1. The molecule has 5 heteroatoms. The molecule has 1 fully saturated rings. The van der Waals surface area contributed by atoms with Gasteiger partial charge in [-0.3, -0.25) is 4.79 Å². The van der Waals surface area contributed by atoms with Crippen molar-refractivity contribution in [3.8, 4) is 0 Å². The number of fused-ring (bicyclic) bond motifs is 1. The molecule has 0 atom stereocenters. The van der Waals surface area contributed by atoms with Crippen molar-refractivity contribution >= 4 is 23.4 Å². The van der Waals surface area contributed by atoms with Crippen molar-refractivity contribution < 1.29 is 14.3 Å². The predicted molar refractivity (Wildman–Crippen MR) is 65.3 cm³/mol. The van der Waals surface area contributed by atoms with E-state index in [9.17, 15) is 4.79 Å². The minimum Gasteiger partial charge on any atom is -0.375 e. The molecule has 3 rings (SSSR count). The summed E-state index contributed by atoms with van der Waals surface area (Å²) < 4.78 is 10.8. The van der Waals surface area contributed by atoms with Crippen LogP contribution in [0.5, 0.6) is 0 Å². The highest BCUT2D eigenvalue weighted by atomic mass is 32.2. The number of carbonyl (C=O) groups excluding carboxylic acids is 1. The van der Waals surface area contributed by atoms with E-state index >= 15 is 0 Å². The average molecular weight is 251 g/mol. The van der Waals surface area contributed by atoms with Gasteiger partial charge in [-0.05, 0) is 17.7 Å². The smallest absolute Gasteiger partial charge is 0.234 e. The summed E-state index contributed by atoms with van der Waals surface area (Å²) in [5, 5.41) is 2.89. The van der Waals surface area contributed by atoms with Gasteiger partial charge < -0.3 is 14.8 Å². The number of ether oxygens (including phenoxy) is 2. The molecule has 0 saturated carbocycles. The highest BCUT2D eigenvalue weighted by Gasteiger charge is 2.41. The highest BCUT2D eigenvalue weighted by molar-refractivity contribution is 8.00. The van der Waals surface area contributed by atoms with Crippen molar-refractivity contribution in [1.29, 1.82) is 0 Å². The van der Waals surface area contributed by atoms with Crippen LogP contribution < -0.4 is 5.32 Å². The van der Waals surface area contributed by atoms with E-state index in [1.165, 1.54) is 0 Å². The lowest BCUT2D eigenvalue weighted by Crippen LogP contribution is -2.48. The molecule has 0 aromatic heterocycles. The fraction of sp³-hybridized carbons (Fsp3) is 0.417. The van der Waals surface area contributed by atoms with Crippen molar-refractivity contribution in [1.82, 2.24) is 0 Å². The summed E-state index contributed by atoms with van der Waals surface area (Å²) in [4.78, 5) is 12.5. The lowest BCUT2D eigenvalue weighted by atomic mass is 9.91. The second kappa shape index (κ2) is 4.01. The Bertz CT molecular complexity index is 465. The van der Waals surface area contributed by atoms with Gasteiger partial charge in [0.1, 0.15) is 5.60 Å². The van der Waals surface area contributed by atoms with Crippen LogP contribution in [-0.2, 0) is 19.9 Å². The second-order valence-corrected chi connectivity index (χ2v) is 5.26. The molecular formula is C12H13NO3S. The highest BCUT2D eigenvalue weighted by Crippen LogP contribution is 2.38. The molecule has 17 heavy (non-hydrogen) atoms. The van der Waals surface area contributed by atoms with E-state index in [4.69, 9.17) is 9.47 Å². The number of thioether (sulfide) groups is 1. The van der Waals surface area contributed by atoms with Crippen LogP contribution >= 0.6 is 11.8 Å². The van der Waals surface area contributed by atoms with E-state index in [-0.39, 0.29) is 11.5 Å². The maximum absolute atomic E-state index is 11.4. The topological polar surface area (TPSA) is 47.6 Å². The summed E-state index contributed by atoms with van der Waals surface area (Å²) in [5.41, 5.74) is 1.61. The zero-order chi connectivity index (χ0) is 11.9. The molecule has 0 unspecified atom stereocenters. The van der Waals surface area contributed by atoms with Crippen LogP contribution in [0, 0.1) is 0 Å². The molecule has 1 amide bonds. The van der Waals surface area contributed by atoms with E-state index in [1.807, 2.05) is 12.1 Å². The van der Waals surface area contributed by atoms with E-state index in [1.54, 1.807) is 18.9 Å². The minimum absolute atomic E-state index is 0.0518. The van der Waals surface area contributed by atoms with Gasteiger partial charge in [-0.2, -0.15) is 0 Å². The average Bonchev–Trinajstić information content (AvgIpc) is 2.28. The van der Waals surface area contributed by atoms with Crippen LogP contribution in [0.3, 0.4) is 0 Å². The van der Waals surface area contributed by atoms with Crippen molar-refractivity contribution in [2.45, 2.75) is 10.5 Å². The Morgan fingerprint density at radius 3 is 2.94 bits per heavy atom. The first-order valence-electron chi connectivity index (χ1n) is 5.44. The third-order valence-electron chi connectivity index (χ3n) is 3.20. The summed E-state index contributed by atoms with van der Waals surface area (Å²) in [6, 6.07) is 6.08. The normalized spacial score (nSPS) is 21.4. The summed E-state index contributed by atoms with van der Waals surface area (Å²) >= 11 is 1.57. The Kier molecular flexibility index (Phi) is 2.61. The van der Waals surface area contributed by atoms with Gasteiger partial charge in [0, 0.05) is 12.0 Å². The number of methoxy groups -OCH3 is 1. The molecule has 2 heterocycles. The quantitative estimate of drug-likeness (QED) is 0.867. The van der Waals surface area contributed by atoms with E-state index < -0.39 is 0 Å². The number of benzene rings is 1. The fourth-order valence-corrected chi connectivity index (χ4v) is 2.84. The molecule has 1 aromatic rings. The van der Waals surface area contributed by atoms with E-state index in [0.717, 1.165) is 16.1 Å². The Morgan fingerprint density at radius 1 is 1.47 bits per heavy atom. The monoisotopic (exact) mass is 251 g/mol. The standard InChI is InChI=1S/C12H13NO3S/c1-15-12(6-16-7-12)8-2-3-10-9(4-8)13-11(14)5-17-10/h2-4H,5-7H2,1H3,(H,13,14). The maximum atomic E-state index is 11.4. The Balaban J connectivity index is 1.97. The van der Waals surface area contributed by atoms with Crippen LogP contribution in [0.1, 0.15) is 5.56 Å². The number of hydrogen-bond acceptors (Lipinski definition) is 4. The molecule has 90 valence electrons. The van der Waals surface area contributed by atoms with Crippen LogP contribution in [0.4, 0.5) is 5.69 Å². The van der Waals surface area contributed by atoms with Gasteiger partial charge in [0.25, 0.3) is 0 Å². The van der Waals surface area contributed by atoms with Crippen molar-refractivity contribution in [2.24, 2.45) is 0 Å². The Morgan fingerprint density at radius 2 is 2.29 bits per heavy atom. The summed E-state index contributed by atoms with van der Waals surface area (Å²) in [7, 11) is 1.69. The van der Waals surface area contributed by atoms with Crippen LogP contribution in [-0.4, -0.2) is 32.0 Å². The molecule has 2 aliphatic rings. The molecule has 1 saturated heterocycles. The number of nitrogens with one attached hydrogen (secondary N) is 1. The van der Waals surface area contributed by atoms with E-state index in [0.29, 0.717) is 19.0 Å². The maximum Gasteiger partial charge on any atom is 0.234 e. The largest absolute Gasteiger partial charge is 0.375 e. The van der Waals surface area contributed by atoms with Crippen molar-refractivity contribution in [2.75, 3.05) is 31.4 Å². The summed E-state index contributed by atoms with van der Waals surface area (Å²) in [6.07, 6.45) is 0. The second-order valence-electron chi connectivity index (χ2n) is 4.24. The number of amides is 1. The Labute approximate surface area is 104 Å². The van der Waals surface area contributed by atoms with Gasteiger partial charge in [0.2, 0.25) is 5.91 Å². The number of rotatable bonds is 2. The molecule has 2 aliphatic heterocycles. The first-order valence-corrected chi connectivity index (χ1v) is 6.42. The Hall–Kier alpha value is -1.04. The number of carbonyl (C=O) groups is 1. The zero-order valence-corrected chi connectivity index (χ0v) is 10.3. The van der Waals surface area contributed by atoms with Gasteiger partial charge in [0.15, 0.2) is 0 Å². The third-order valence-corrected chi connectivity index (χ3v) is 4.27. The van der Waals surface area contributed by atoms with Gasteiger partial charge in [-0.25, -0.2) is 0 Å².